The molecule has 0 amide bonds. The Balaban J connectivity index is 2.06. The van der Waals surface area contributed by atoms with Crippen LogP contribution in [0, 0.1) is 0 Å². The number of fused-ring (bicyclic) bond motifs is 1. The zero-order chi connectivity index (χ0) is 17.3. The number of hydrogen-bond acceptors (Lipinski definition) is 4. The van der Waals surface area contributed by atoms with Gasteiger partial charge in [-0.15, -0.1) is 0 Å². The van der Waals surface area contributed by atoms with E-state index in [0.29, 0.717) is 27.2 Å². The third-order valence-corrected chi connectivity index (χ3v) is 3.91. The maximum Gasteiger partial charge on any atom is 0.259 e. The van der Waals surface area contributed by atoms with E-state index in [2.05, 4.69) is 9.97 Å². The molecule has 0 radical (unpaired) electrons. The van der Waals surface area contributed by atoms with Crippen LogP contribution in [0.15, 0.2) is 41.2 Å². The van der Waals surface area contributed by atoms with Crippen LogP contribution in [-0.2, 0) is 0 Å². The fourth-order valence-corrected chi connectivity index (χ4v) is 2.61. The molecule has 122 valence electrons. The van der Waals surface area contributed by atoms with Crippen LogP contribution in [-0.4, -0.2) is 22.2 Å². The molecule has 0 bridgehead atoms. The first kappa shape index (κ1) is 16.4. The van der Waals surface area contributed by atoms with Gasteiger partial charge in [-0.3, -0.25) is 4.79 Å². The third kappa shape index (κ3) is 3.22. The van der Waals surface area contributed by atoms with Crippen molar-refractivity contribution >= 4 is 45.2 Å². The highest BCUT2D eigenvalue weighted by atomic mass is 35.5. The molecule has 1 heterocycles. The summed E-state index contributed by atoms with van der Waals surface area (Å²) in [6.45, 7) is 0. The first-order chi connectivity index (χ1) is 11.5. The van der Waals surface area contributed by atoms with E-state index in [0.717, 1.165) is 0 Å². The molecule has 24 heavy (non-hydrogen) atoms. The fraction of sp³-hybridized carbons (Fsp3) is 0.0588. The van der Waals surface area contributed by atoms with Gasteiger partial charge in [-0.25, -0.2) is 4.98 Å². The topological polar surface area (TPSA) is 75.2 Å². The molecule has 0 spiro atoms. The Bertz CT molecular complexity index is 1010. The lowest BCUT2D eigenvalue weighted by Gasteiger charge is -2.05. The largest absolute Gasteiger partial charge is 0.504 e. The molecule has 7 heteroatoms. The van der Waals surface area contributed by atoms with E-state index in [4.69, 9.17) is 27.9 Å². The fourth-order valence-electron chi connectivity index (χ4n) is 2.22. The van der Waals surface area contributed by atoms with Crippen molar-refractivity contribution in [3.63, 3.8) is 0 Å². The molecule has 0 unspecified atom stereocenters. The van der Waals surface area contributed by atoms with Gasteiger partial charge >= 0.3 is 0 Å². The Morgan fingerprint density at radius 1 is 1.29 bits per heavy atom. The van der Waals surface area contributed by atoms with Gasteiger partial charge in [-0.1, -0.05) is 29.3 Å². The number of H-pyrrole nitrogens is 1. The van der Waals surface area contributed by atoms with Crippen molar-refractivity contribution in [1.29, 1.82) is 0 Å². The van der Waals surface area contributed by atoms with Gasteiger partial charge in [0.1, 0.15) is 0 Å². The number of nitrogens with one attached hydrogen (secondary N) is 1. The molecule has 1 aromatic heterocycles. The molecule has 2 aromatic carbocycles. The van der Waals surface area contributed by atoms with E-state index in [1.165, 1.54) is 13.2 Å². The van der Waals surface area contributed by atoms with Crippen LogP contribution in [0.2, 0.25) is 5.02 Å². The van der Waals surface area contributed by atoms with Crippen LogP contribution >= 0.6 is 23.2 Å². The minimum absolute atomic E-state index is 0.0277. The molecular formula is C17H12Cl2N2O3. The van der Waals surface area contributed by atoms with Crippen molar-refractivity contribution in [2.45, 2.75) is 0 Å². The number of benzene rings is 2. The van der Waals surface area contributed by atoms with Crippen molar-refractivity contribution in [1.82, 2.24) is 9.97 Å². The van der Waals surface area contributed by atoms with Crippen molar-refractivity contribution in [3.8, 4) is 11.5 Å². The van der Waals surface area contributed by atoms with Crippen LogP contribution in [0.25, 0.3) is 22.0 Å². The van der Waals surface area contributed by atoms with Crippen molar-refractivity contribution in [2.24, 2.45) is 0 Å². The SMILES string of the molecule is COc1cc(/C=C(\Cl)c2nc3ccc(Cl)cc3c(=O)[nH]2)ccc1O. The molecular weight excluding hydrogens is 351 g/mol. The summed E-state index contributed by atoms with van der Waals surface area (Å²) < 4.78 is 5.05. The summed E-state index contributed by atoms with van der Waals surface area (Å²) >= 11 is 12.2. The van der Waals surface area contributed by atoms with E-state index >= 15 is 0 Å². The number of nitrogens with zero attached hydrogens (tertiary/aromatic N) is 1. The number of halogens is 2. The highest BCUT2D eigenvalue weighted by Crippen LogP contribution is 2.29. The van der Waals surface area contributed by atoms with E-state index in [1.54, 1.807) is 36.4 Å². The smallest absolute Gasteiger partial charge is 0.259 e. The normalized spacial score (nSPS) is 11.7. The van der Waals surface area contributed by atoms with Crippen LogP contribution < -0.4 is 10.3 Å². The van der Waals surface area contributed by atoms with E-state index in [1.807, 2.05) is 0 Å². The Morgan fingerprint density at radius 3 is 2.83 bits per heavy atom. The first-order valence-electron chi connectivity index (χ1n) is 6.92. The molecule has 2 N–H and O–H groups in total. The highest BCUT2D eigenvalue weighted by Gasteiger charge is 2.08. The summed E-state index contributed by atoms with van der Waals surface area (Å²) in [4.78, 5) is 19.1. The number of rotatable bonds is 3. The molecule has 0 saturated heterocycles. The predicted molar refractivity (Wildman–Crippen MR) is 95.8 cm³/mol. The molecule has 0 fully saturated rings. The molecule has 0 saturated carbocycles. The number of phenols is 1. The van der Waals surface area contributed by atoms with Gasteiger partial charge in [0.05, 0.1) is 23.0 Å². The Hall–Kier alpha value is -2.50. The summed E-state index contributed by atoms with van der Waals surface area (Å²) in [6.07, 6.45) is 1.61. The zero-order valence-corrected chi connectivity index (χ0v) is 14.0. The summed E-state index contributed by atoms with van der Waals surface area (Å²) in [5, 5.41) is 10.7. The predicted octanol–water partition coefficient (Wildman–Crippen LogP) is 4.03. The maximum absolute atomic E-state index is 12.2. The zero-order valence-electron chi connectivity index (χ0n) is 12.5. The van der Waals surface area contributed by atoms with Crippen LogP contribution in [0.4, 0.5) is 0 Å². The van der Waals surface area contributed by atoms with Crippen molar-refractivity contribution in [3.05, 3.63) is 63.2 Å². The molecule has 0 aliphatic rings. The molecule has 3 rings (SSSR count). The van der Waals surface area contributed by atoms with Gasteiger partial charge < -0.3 is 14.8 Å². The second-order valence-electron chi connectivity index (χ2n) is 5.00. The first-order valence-corrected chi connectivity index (χ1v) is 7.67. The lowest BCUT2D eigenvalue weighted by atomic mass is 10.2. The highest BCUT2D eigenvalue weighted by molar-refractivity contribution is 6.50. The molecule has 5 nitrogen and oxygen atoms in total. The lowest BCUT2D eigenvalue weighted by molar-refractivity contribution is 0.373. The molecule has 3 aromatic rings. The summed E-state index contributed by atoms with van der Waals surface area (Å²) in [5.41, 5.74) is 0.855. The Labute approximate surface area is 147 Å². The van der Waals surface area contributed by atoms with E-state index in [-0.39, 0.29) is 22.2 Å². The van der Waals surface area contributed by atoms with Gasteiger partial charge in [-0.2, -0.15) is 0 Å². The average molecular weight is 363 g/mol. The maximum atomic E-state index is 12.2. The molecule has 0 atom stereocenters. The standard InChI is InChI=1S/C17H12Cl2N2O3/c1-24-15-7-9(2-5-14(15)22)6-12(19)16-20-13-4-3-10(18)8-11(13)17(23)21-16/h2-8,22H,1H3,(H,20,21,23)/b12-6-. The number of aromatic amines is 1. The summed E-state index contributed by atoms with van der Waals surface area (Å²) in [5.74, 6) is 0.589. The Morgan fingerprint density at radius 2 is 2.08 bits per heavy atom. The Kier molecular flexibility index (Phi) is 4.46. The number of hydrogen-bond donors (Lipinski definition) is 2. The van der Waals surface area contributed by atoms with E-state index in [9.17, 15) is 9.90 Å². The number of methoxy groups -OCH3 is 1. The van der Waals surface area contributed by atoms with Crippen LogP contribution in [0.1, 0.15) is 11.4 Å². The minimum Gasteiger partial charge on any atom is -0.504 e. The van der Waals surface area contributed by atoms with Crippen LogP contribution in [0.3, 0.4) is 0 Å². The van der Waals surface area contributed by atoms with E-state index < -0.39 is 0 Å². The molecule has 0 aliphatic heterocycles. The monoisotopic (exact) mass is 362 g/mol. The van der Waals surface area contributed by atoms with Gasteiger partial charge in [0.2, 0.25) is 0 Å². The van der Waals surface area contributed by atoms with Gasteiger partial charge in [0.25, 0.3) is 5.56 Å². The number of ether oxygens (including phenoxy) is 1. The number of aromatic hydroxyl groups is 1. The molecule has 0 aliphatic carbocycles. The number of aromatic nitrogens is 2. The van der Waals surface area contributed by atoms with Gasteiger partial charge in [0, 0.05) is 5.02 Å². The van der Waals surface area contributed by atoms with Crippen molar-refractivity contribution in [2.75, 3.05) is 7.11 Å². The van der Waals surface area contributed by atoms with Gasteiger partial charge in [0.15, 0.2) is 17.3 Å². The summed E-state index contributed by atoms with van der Waals surface area (Å²) in [6, 6.07) is 9.64. The average Bonchev–Trinajstić information content (AvgIpc) is 2.57. The second kappa shape index (κ2) is 6.55. The van der Waals surface area contributed by atoms with Gasteiger partial charge in [-0.05, 0) is 42.0 Å². The quantitative estimate of drug-likeness (QED) is 0.737. The number of phenolic OH excluding ortho intramolecular Hbond substituents is 1. The van der Waals surface area contributed by atoms with Crippen molar-refractivity contribution < 1.29 is 9.84 Å². The lowest BCUT2D eigenvalue weighted by Crippen LogP contribution is -2.10. The minimum atomic E-state index is -0.327. The summed E-state index contributed by atoms with van der Waals surface area (Å²) in [7, 11) is 1.46. The third-order valence-electron chi connectivity index (χ3n) is 3.39. The van der Waals surface area contributed by atoms with Crippen LogP contribution in [0.5, 0.6) is 11.5 Å². The second-order valence-corrected chi connectivity index (χ2v) is 5.84.